The Morgan fingerprint density at radius 2 is 1.55 bits per heavy atom. The van der Waals surface area contributed by atoms with Crippen molar-refractivity contribution in [3.63, 3.8) is 0 Å². The van der Waals surface area contributed by atoms with Gasteiger partial charge in [0.25, 0.3) is 5.91 Å². The number of esters is 1. The number of hydrogen-bond donors (Lipinski definition) is 2. The first kappa shape index (κ1) is 20.4. The van der Waals surface area contributed by atoms with E-state index in [-0.39, 0.29) is 18.4 Å². The fourth-order valence-corrected chi connectivity index (χ4v) is 3.15. The minimum Gasteiger partial charge on any atom is -0.508 e. The number of amides is 1. The standard InChI is InChI=1S/C23H20ClNO4/c1-15(20-4-2-3-5-21(20)24)25-22(27)14-29-23(28)18-8-6-16(7-9-18)17-10-12-19(26)13-11-17/h2-13,15,26H,14H2,1H3,(H,25,27)/t15-/m0/s1. The number of rotatable bonds is 6. The van der Waals surface area contributed by atoms with Crippen molar-refractivity contribution in [3.05, 3.63) is 88.9 Å². The molecule has 1 amide bonds. The van der Waals surface area contributed by atoms with Crippen LogP contribution in [0.15, 0.2) is 72.8 Å². The average molecular weight is 410 g/mol. The Morgan fingerprint density at radius 1 is 0.966 bits per heavy atom. The van der Waals surface area contributed by atoms with Crippen molar-refractivity contribution in [1.29, 1.82) is 0 Å². The zero-order chi connectivity index (χ0) is 20.8. The van der Waals surface area contributed by atoms with E-state index in [1.54, 1.807) is 54.6 Å². The Balaban J connectivity index is 1.54. The number of carbonyl (C=O) groups is 2. The Bertz CT molecular complexity index is 1000. The van der Waals surface area contributed by atoms with Crippen LogP contribution in [0, 0.1) is 0 Å². The number of phenols is 1. The van der Waals surface area contributed by atoms with Crippen molar-refractivity contribution in [3.8, 4) is 16.9 Å². The summed E-state index contributed by atoms with van der Waals surface area (Å²) in [5.74, 6) is -0.801. The van der Waals surface area contributed by atoms with Crippen LogP contribution in [0.4, 0.5) is 0 Å². The lowest BCUT2D eigenvalue weighted by atomic mass is 10.0. The molecule has 0 bridgehead atoms. The Hall–Kier alpha value is -3.31. The Morgan fingerprint density at radius 3 is 2.17 bits per heavy atom. The molecule has 0 radical (unpaired) electrons. The molecule has 0 saturated carbocycles. The van der Waals surface area contributed by atoms with Crippen molar-refractivity contribution in [1.82, 2.24) is 5.32 Å². The predicted octanol–water partition coefficient (Wildman–Crippen LogP) is 4.75. The summed E-state index contributed by atoms with van der Waals surface area (Å²) in [5.41, 5.74) is 2.95. The van der Waals surface area contributed by atoms with Gasteiger partial charge in [0.15, 0.2) is 6.61 Å². The molecule has 0 fully saturated rings. The molecule has 3 aromatic rings. The van der Waals surface area contributed by atoms with Crippen molar-refractivity contribution in [2.45, 2.75) is 13.0 Å². The normalized spacial score (nSPS) is 11.5. The molecule has 29 heavy (non-hydrogen) atoms. The quantitative estimate of drug-likeness (QED) is 0.576. The van der Waals surface area contributed by atoms with E-state index in [2.05, 4.69) is 5.32 Å². The highest BCUT2D eigenvalue weighted by molar-refractivity contribution is 6.31. The highest BCUT2D eigenvalue weighted by Gasteiger charge is 2.15. The first-order valence-electron chi connectivity index (χ1n) is 9.04. The number of phenolic OH excluding ortho intramolecular Hbond substituents is 1. The summed E-state index contributed by atoms with van der Waals surface area (Å²) in [7, 11) is 0. The van der Waals surface area contributed by atoms with Crippen LogP contribution in [0.25, 0.3) is 11.1 Å². The van der Waals surface area contributed by atoms with Gasteiger partial charge in [-0.25, -0.2) is 4.79 Å². The molecular formula is C23H20ClNO4. The van der Waals surface area contributed by atoms with E-state index in [1.807, 2.05) is 25.1 Å². The van der Waals surface area contributed by atoms with E-state index in [0.717, 1.165) is 16.7 Å². The molecule has 0 heterocycles. The molecule has 0 aliphatic rings. The van der Waals surface area contributed by atoms with Gasteiger partial charge in [-0.05, 0) is 53.9 Å². The topological polar surface area (TPSA) is 75.6 Å². The summed E-state index contributed by atoms with van der Waals surface area (Å²) in [6.07, 6.45) is 0. The molecule has 0 unspecified atom stereocenters. The van der Waals surface area contributed by atoms with Gasteiger partial charge in [-0.2, -0.15) is 0 Å². The Labute approximate surface area is 173 Å². The predicted molar refractivity (Wildman–Crippen MR) is 112 cm³/mol. The second-order valence-corrected chi connectivity index (χ2v) is 6.92. The van der Waals surface area contributed by atoms with Crippen molar-refractivity contribution in [2.24, 2.45) is 0 Å². The molecule has 3 aromatic carbocycles. The maximum Gasteiger partial charge on any atom is 0.338 e. The summed E-state index contributed by atoms with van der Waals surface area (Å²) in [6, 6.07) is 20.5. The van der Waals surface area contributed by atoms with Gasteiger partial charge >= 0.3 is 5.97 Å². The number of hydrogen-bond acceptors (Lipinski definition) is 4. The maximum atomic E-state index is 12.2. The third-order valence-corrected chi connectivity index (χ3v) is 4.75. The van der Waals surface area contributed by atoms with Gasteiger partial charge in [0.05, 0.1) is 11.6 Å². The van der Waals surface area contributed by atoms with E-state index in [4.69, 9.17) is 16.3 Å². The van der Waals surface area contributed by atoms with Crippen LogP contribution in [0.5, 0.6) is 5.75 Å². The average Bonchev–Trinajstić information content (AvgIpc) is 2.73. The Kier molecular flexibility index (Phi) is 6.52. The van der Waals surface area contributed by atoms with E-state index in [1.165, 1.54) is 0 Å². The van der Waals surface area contributed by atoms with Gasteiger partial charge in [-0.3, -0.25) is 4.79 Å². The zero-order valence-electron chi connectivity index (χ0n) is 15.8. The van der Waals surface area contributed by atoms with Crippen LogP contribution in [-0.2, 0) is 9.53 Å². The van der Waals surface area contributed by atoms with Crippen molar-refractivity contribution < 1.29 is 19.4 Å². The van der Waals surface area contributed by atoms with Gasteiger partial charge in [0, 0.05) is 5.02 Å². The molecule has 0 aliphatic carbocycles. The highest BCUT2D eigenvalue weighted by atomic mass is 35.5. The van der Waals surface area contributed by atoms with Gasteiger partial charge in [0.1, 0.15) is 5.75 Å². The van der Waals surface area contributed by atoms with Gasteiger partial charge in [0.2, 0.25) is 0 Å². The number of ether oxygens (including phenoxy) is 1. The fourth-order valence-electron chi connectivity index (χ4n) is 2.85. The largest absolute Gasteiger partial charge is 0.508 e. The smallest absolute Gasteiger partial charge is 0.338 e. The van der Waals surface area contributed by atoms with Crippen LogP contribution >= 0.6 is 11.6 Å². The van der Waals surface area contributed by atoms with E-state index >= 15 is 0 Å². The number of nitrogens with one attached hydrogen (secondary N) is 1. The SMILES string of the molecule is C[C@H](NC(=O)COC(=O)c1ccc(-c2ccc(O)cc2)cc1)c1ccccc1Cl. The lowest BCUT2D eigenvalue weighted by Gasteiger charge is -2.15. The third-order valence-electron chi connectivity index (χ3n) is 4.40. The van der Waals surface area contributed by atoms with Crippen LogP contribution < -0.4 is 5.32 Å². The lowest BCUT2D eigenvalue weighted by molar-refractivity contribution is -0.124. The molecule has 148 valence electrons. The molecule has 0 saturated heterocycles. The number of carbonyl (C=O) groups excluding carboxylic acids is 2. The summed E-state index contributed by atoms with van der Waals surface area (Å²) < 4.78 is 5.10. The van der Waals surface area contributed by atoms with Crippen molar-refractivity contribution in [2.75, 3.05) is 6.61 Å². The van der Waals surface area contributed by atoms with E-state index in [0.29, 0.717) is 10.6 Å². The second-order valence-electron chi connectivity index (χ2n) is 6.51. The maximum absolute atomic E-state index is 12.2. The van der Waals surface area contributed by atoms with Gasteiger partial charge < -0.3 is 15.2 Å². The molecule has 0 aromatic heterocycles. The number of benzene rings is 3. The highest BCUT2D eigenvalue weighted by Crippen LogP contribution is 2.23. The summed E-state index contributed by atoms with van der Waals surface area (Å²) in [6.45, 7) is 1.43. The van der Waals surface area contributed by atoms with Crippen LogP contribution in [0.2, 0.25) is 5.02 Å². The molecule has 6 heteroatoms. The minimum absolute atomic E-state index is 0.191. The molecule has 3 rings (SSSR count). The minimum atomic E-state index is -0.581. The molecule has 0 spiro atoms. The van der Waals surface area contributed by atoms with Gasteiger partial charge in [-0.15, -0.1) is 0 Å². The number of halogens is 1. The van der Waals surface area contributed by atoms with Crippen LogP contribution in [0.1, 0.15) is 28.9 Å². The third kappa shape index (κ3) is 5.36. The first-order valence-corrected chi connectivity index (χ1v) is 9.42. The summed E-state index contributed by atoms with van der Waals surface area (Å²) >= 11 is 6.13. The first-order chi connectivity index (χ1) is 13.9. The summed E-state index contributed by atoms with van der Waals surface area (Å²) in [5, 5.41) is 12.7. The number of aromatic hydroxyl groups is 1. The van der Waals surface area contributed by atoms with Crippen LogP contribution in [-0.4, -0.2) is 23.6 Å². The molecular weight excluding hydrogens is 390 g/mol. The van der Waals surface area contributed by atoms with Gasteiger partial charge in [-0.1, -0.05) is 54.1 Å². The van der Waals surface area contributed by atoms with Crippen LogP contribution in [0.3, 0.4) is 0 Å². The fraction of sp³-hybridized carbons (Fsp3) is 0.130. The molecule has 5 nitrogen and oxygen atoms in total. The molecule has 1 atom stereocenters. The lowest BCUT2D eigenvalue weighted by Crippen LogP contribution is -2.31. The second kappa shape index (κ2) is 9.26. The monoisotopic (exact) mass is 409 g/mol. The zero-order valence-corrected chi connectivity index (χ0v) is 16.5. The molecule has 2 N–H and O–H groups in total. The summed E-state index contributed by atoms with van der Waals surface area (Å²) in [4.78, 5) is 24.3. The van der Waals surface area contributed by atoms with Crippen molar-refractivity contribution >= 4 is 23.5 Å². The molecule has 0 aliphatic heterocycles. The van der Waals surface area contributed by atoms with E-state index in [9.17, 15) is 14.7 Å². The van der Waals surface area contributed by atoms with E-state index < -0.39 is 11.9 Å².